The lowest BCUT2D eigenvalue weighted by atomic mass is 9.61. The highest BCUT2D eigenvalue weighted by molar-refractivity contribution is 5.69. The second-order valence-corrected chi connectivity index (χ2v) is 7.89. The van der Waals surface area contributed by atoms with Gasteiger partial charge in [-0.05, 0) is 45.7 Å². The van der Waals surface area contributed by atoms with Gasteiger partial charge in [-0.15, -0.1) is 10.2 Å². The van der Waals surface area contributed by atoms with Gasteiger partial charge in [-0.2, -0.15) is 13.2 Å². The van der Waals surface area contributed by atoms with Crippen molar-refractivity contribution in [2.45, 2.75) is 51.4 Å². The molecule has 1 aliphatic carbocycles. The molecule has 1 aromatic rings. The summed E-state index contributed by atoms with van der Waals surface area (Å²) >= 11 is 0. The second kappa shape index (κ2) is 5.74. The van der Waals surface area contributed by atoms with Crippen LogP contribution in [0.2, 0.25) is 0 Å². The van der Waals surface area contributed by atoms with E-state index in [-0.39, 0.29) is 17.6 Å². The van der Waals surface area contributed by atoms with Crippen LogP contribution in [0.15, 0.2) is 12.1 Å². The third-order valence-corrected chi connectivity index (χ3v) is 4.37. The molecule has 0 atom stereocenters. The van der Waals surface area contributed by atoms with E-state index < -0.39 is 17.5 Å². The summed E-state index contributed by atoms with van der Waals surface area (Å²) in [7, 11) is 0. The number of ether oxygens (including phenoxy) is 1. The molecule has 25 heavy (non-hydrogen) atoms. The molecule has 6 nitrogen and oxygen atoms in total. The van der Waals surface area contributed by atoms with E-state index in [1.54, 1.807) is 4.90 Å². The van der Waals surface area contributed by atoms with Crippen molar-refractivity contribution in [1.82, 2.24) is 15.1 Å². The number of hydrogen-bond donors (Lipinski definition) is 1. The zero-order valence-corrected chi connectivity index (χ0v) is 14.4. The van der Waals surface area contributed by atoms with Crippen LogP contribution in [0, 0.1) is 5.41 Å². The van der Waals surface area contributed by atoms with Crippen molar-refractivity contribution in [3.63, 3.8) is 0 Å². The van der Waals surface area contributed by atoms with Gasteiger partial charge in [0, 0.05) is 24.5 Å². The van der Waals surface area contributed by atoms with Crippen LogP contribution in [0.5, 0.6) is 0 Å². The van der Waals surface area contributed by atoms with Gasteiger partial charge in [0.05, 0.1) is 0 Å². The molecule has 1 spiro atoms. The molecule has 0 unspecified atom stereocenters. The Kier molecular flexibility index (Phi) is 4.08. The van der Waals surface area contributed by atoms with Crippen molar-refractivity contribution >= 4 is 11.9 Å². The maximum Gasteiger partial charge on any atom is 0.435 e. The summed E-state index contributed by atoms with van der Waals surface area (Å²) in [6.45, 7) is 6.79. The van der Waals surface area contributed by atoms with Crippen molar-refractivity contribution in [3.8, 4) is 0 Å². The Balaban J connectivity index is 1.44. The maximum atomic E-state index is 12.5. The first-order valence-electron chi connectivity index (χ1n) is 8.11. The fraction of sp³-hybridized carbons (Fsp3) is 0.688. The number of carbonyl (C=O) groups is 1. The quantitative estimate of drug-likeness (QED) is 0.879. The Morgan fingerprint density at radius 2 is 1.88 bits per heavy atom. The fourth-order valence-electron chi connectivity index (χ4n) is 3.33. The summed E-state index contributed by atoms with van der Waals surface area (Å²) in [5.74, 6) is 0.330. The van der Waals surface area contributed by atoms with Gasteiger partial charge in [0.2, 0.25) is 0 Å². The molecule has 2 aliphatic rings. The monoisotopic (exact) mass is 358 g/mol. The topological polar surface area (TPSA) is 67.3 Å². The van der Waals surface area contributed by atoms with Crippen molar-refractivity contribution in [2.24, 2.45) is 5.41 Å². The molecule has 9 heteroatoms. The number of likely N-dealkylation sites (tertiary alicyclic amines) is 1. The number of halogens is 3. The average molecular weight is 358 g/mol. The Morgan fingerprint density at radius 3 is 2.36 bits per heavy atom. The summed E-state index contributed by atoms with van der Waals surface area (Å²) in [6.07, 6.45) is -3.10. The Morgan fingerprint density at radius 1 is 1.24 bits per heavy atom. The number of aromatic nitrogens is 2. The van der Waals surface area contributed by atoms with Crippen LogP contribution in [0.3, 0.4) is 0 Å². The Hall–Kier alpha value is -2.06. The summed E-state index contributed by atoms with van der Waals surface area (Å²) < 4.78 is 42.7. The van der Waals surface area contributed by atoms with Crippen molar-refractivity contribution < 1.29 is 22.7 Å². The zero-order chi connectivity index (χ0) is 18.5. The van der Waals surface area contributed by atoms with Gasteiger partial charge < -0.3 is 15.0 Å². The number of amides is 1. The van der Waals surface area contributed by atoms with Gasteiger partial charge >= 0.3 is 12.3 Å². The molecule has 0 aromatic carbocycles. The normalized spacial score (nSPS) is 20.0. The van der Waals surface area contributed by atoms with Crippen molar-refractivity contribution in [1.29, 1.82) is 0 Å². The standard InChI is InChI=1S/C16H21F3N4O2/c1-14(2,3)25-13(24)23-8-15(9-23)6-10(7-15)20-12-5-4-11(21-22-12)16(17,18)19/h4-5,10H,6-9H2,1-3H3,(H,20,22). The molecule has 3 rings (SSSR count). The highest BCUT2D eigenvalue weighted by atomic mass is 19.4. The molecule has 0 radical (unpaired) electrons. The molecular formula is C16H21F3N4O2. The number of rotatable bonds is 2. The van der Waals surface area contributed by atoms with E-state index in [0.717, 1.165) is 18.9 Å². The minimum atomic E-state index is -4.48. The maximum absolute atomic E-state index is 12.5. The molecule has 1 aromatic heterocycles. The summed E-state index contributed by atoms with van der Waals surface area (Å²) in [5.41, 5.74) is -1.42. The predicted octanol–water partition coefficient (Wildman–Crippen LogP) is 3.31. The van der Waals surface area contributed by atoms with Crippen LogP contribution in [0.4, 0.5) is 23.8 Å². The highest BCUT2D eigenvalue weighted by Gasteiger charge is 2.54. The van der Waals surface area contributed by atoms with Crippen LogP contribution in [-0.2, 0) is 10.9 Å². The van der Waals surface area contributed by atoms with Gasteiger partial charge in [-0.25, -0.2) is 4.79 Å². The molecule has 2 heterocycles. The SMILES string of the molecule is CC(C)(C)OC(=O)N1CC2(CC(Nc3ccc(C(F)(F)F)nn3)C2)C1. The van der Waals surface area contributed by atoms with E-state index in [9.17, 15) is 18.0 Å². The van der Waals surface area contributed by atoms with Crippen molar-refractivity contribution in [3.05, 3.63) is 17.8 Å². The number of nitrogens with one attached hydrogen (secondary N) is 1. The first-order valence-corrected chi connectivity index (χ1v) is 8.11. The average Bonchev–Trinajstić information content (AvgIpc) is 2.37. The molecule has 138 valence electrons. The van der Waals surface area contributed by atoms with E-state index in [1.807, 2.05) is 20.8 Å². The fourth-order valence-corrected chi connectivity index (χ4v) is 3.33. The molecule has 1 saturated carbocycles. The molecule has 1 N–H and O–H groups in total. The van der Waals surface area contributed by atoms with Crippen LogP contribution in [-0.4, -0.2) is 45.9 Å². The second-order valence-electron chi connectivity index (χ2n) is 7.89. The number of alkyl halides is 3. The lowest BCUT2D eigenvalue weighted by molar-refractivity contribution is -0.141. The van der Waals surface area contributed by atoms with Gasteiger partial charge in [0.15, 0.2) is 5.69 Å². The van der Waals surface area contributed by atoms with Gasteiger partial charge in [-0.3, -0.25) is 0 Å². The minimum absolute atomic E-state index is 0.0912. The molecule has 1 amide bonds. The van der Waals surface area contributed by atoms with E-state index in [0.29, 0.717) is 18.9 Å². The number of nitrogens with zero attached hydrogens (tertiary/aromatic N) is 3. The molecule has 2 fully saturated rings. The summed E-state index contributed by atoms with van der Waals surface area (Å²) in [4.78, 5) is 13.6. The predicted molar refractivity (Wildman–Crippen MR) is 83.9 cm³/mol. The third-order valence-electron chi connectivity index (χ3n) is 4.37. The molecular weight excluding hydrogens is 337 g/mol. The first kappa shape index (κ1) is 17.8. The minimum Gasteiger partial charge on any atom is -0.444 e. The van der Waals surface area contributed by atoms with E-state index in [1.165, 1.54) is 6.07 Å². The summed E-state index contributed by atoms with van der Waals surface area (Å²) in [5, 5.41) is 9.86. The molecule has 0 bridgehead atoms. The number of anilines is 1. The van der Waals surface area contributed by atoms with Crippen LogP contribution >= 0.6 is 0 Å². The van der Waals surface area contributed by atoms with E-state index >= 15 is 0 Å². The first-order chi connectivity index (χ1) is 11.5. The van der Waals surface area contributed by atoms with Crippen LogP contribution < -0.4 is 5.32 Å². The molecule has 1 aliphatic heterocycles. The lowest BCUT2D eigenvalue weighted by Gasteiger charge is -2.58. The van der Waals surface area contributed by atoms with Crippen LogP contribution in [0.1, 0.15) is 39.3 Å². The van der Waals surface area contributed by atoms with Gasteiger partial charge in [0.1, 0.15) is 11.4 Å². The van der Waals surface area contributed by atoms with Crippen molar-refractivity contribution in [2.75, 3.05) is 18.4 Å². The van der Waals surface area contributed by atoms with Crippen LogP contribution in [0.25, 0.3) is 0 Å². The Bertz CT molecular complexity index is 641. The summed E-state index contributed by atoms with van der Waals surface area (Å²) in [6, 6.07) is 2.33. The highest BCUT2D eigenvalue weighted by Crippen LogP contribution is 2.49. The van der Waals surface area contributed by atoms with Gasteiger partial charge in [-0.1, -0.05) is 0 Å². The van der Waals surface area contributed by atoms with Gasteiger partial charge in [0.25, 0.3) is 0 Å². The van der Waals surface area contributed by atoms with E-state index in [4.69, 9.17) is 4.74 Å². The number of hydrogen-bond acceptors (Lipinski definition) is 5. The third kappa shape index (κ3) is 3.96. The van der Waals surface area contributed by atoms with E-state index in [2.05, 4.69) is 15.5 Å². The zero-order valence-electron chi connectivity index (χ0n) is 14.4. The molecule has 1 saturated heterocycles. The largest absolute Gasteiger partial charge is 0.444 e. The number of carbonyl (C=O) groups excluding carboxylic acids is 1. The lowest BCUT2D eigenvalue weighted by Crippen LogP contribution is -2.66. The smallest absolute Gasteiger partial charge is 0.435 e. The Labute approximate surface area is 143 Å².